The summed E-state index contributed by atoms with van der Waals surface area (Å²) in [6, 6.07) is 4.23. The van der Waals surface area contributed by atoms with Crippen LogP contribution in [0.15, 0.2) is 28.0 Å². The lowest BCUT2D eigenvalue weighted by atomic mass is 9.92. The molecule has 0 fully saturated rings. The van der Waals surface area contributed by atoms with Gasteiger partial charge < -0.3 is 10.4 Å². The maximum Gasteiger partial charge on any atom is 0.290 e. The molecule has 9 heteroatoms. The van der Waals surface area contributed by atoms with E-state index in [9.17, 15) is 18.4 Å². The highest BCUT2D eigenvalue weighted by Crippen LogP contribution is 2.35. The molecule has 2 heterocycles. The molecule has 0 saturated heterocycles. The van der Waals surface area contributed by atoms with E-state index in [4.69, 9.17) is 5.11 Å². The average Bonchev–Trinajstić information content (AvgIpc) is 2.60. The van der Waals surface area contributed by atoms with E-state index in [1.165, 1.54) is 25.4 Å². The van der Waals surface area contributed by atoms with Gasteiger partial charge in [-0.05, 0) is 47.2 Å². The van der Waals surface area contributed by atoms with Crippen LogP contribution in [0.4, 0.5) is 26.0 Å². The maximum atomic E-state index is 14.7. The van der Waals surface area contributed by atoms with E-state index < -0.39 is 34.6 Å². The van der Waals surface area contributed by atoms with E-state index in [1.807, 2.05) is 22.6 Å². The van der Waals surface area contributed by atoms with Crippen molar-refractivity contribution in [1.29, 1.82) is 0 Å². The number of aromatic nitrogens is 1. The molecule has 6 nitrogen and oxygen atoms in total. The highest BCUT2D eigenvalue weighted by Gasteiger charge is 2.32. The minimum atomic E-state index is -1.20. The van der Waals surface area contributed by atoms with Gasteiger partial charge in [0, 0.05) is 23.4 Å². The van der Waals surface area contributed by atoms with Crippen LogP contribution in [0.5, 0.6) is 0 Å². The van der Waals surface area contributed by atoms with Crippen molar-refractivity contribution < 1.29 is 18.7 Å². The van der Waals surface area contributed by atoms with Crippen LogP contribution in [0, 0.1) is 21.1 Å². The standard InChI is InChI=1S/C17H14F2IN3O3/c1-23-16-12(15(25)8(4-5-24)7-21-16)14(13(19)17(23)26)22-11-3-2-9(20)6-10(11)18/h2-3,6-8,22,24H,4-5H2,1H3. The van der Waals surface area contributed by atoms with Crippen LogP contribution in [0.25, 0.3) is 0 Å². The van der Waals surface area contributed by atoms with Crippen LogP contribution in [0.1, 0.15) is 16.8 Å². The number of carbonyl (C=O) groups is 1. The highest BCUT2D eigenvalue weighted by molar-refractivity contribution is 14.1. The Labute approximate surface area is 160 Å². The summed E-state index contributed by atoms with van der Waals surface area (Å²) in [5, 5.41) is 11.6. The molecule has 1 aromatic heterocycles. The molecule has 1 aliphatic heterocycles. The second-order valence-electron chi connectivity index (χ2n) is 5.76. The van der Waals surface area contributed by atoms with Crippen LogP contribution < -0.4 is 10.9 Å². The number of ketones is 1. The van der Waals surface area contributed by atoms with E-state index in [0.29, 0.717) is 3.57 Å². The molecule has 2 aromatic rings. The number of anilines is 2. The molecule has 0 aliphatic carbocycles. The first kappa shape index (κ1) is 18.6. The number of fused-ring (bicyclic) bond motifs is 1. The first-order valence-electron chi connectivity index (χ1n) is 7.69. The van der Waals surface area contributed by atoms with Crippen LogP contribution in [-0.4, -0.2) is 28.3 Å². The number of Topliss-reactive ketones (excluding diaryl/α,β-unsaturated/α-hetero) is 1. The molecule has 0 bridgehead atoms. The second kappa shape index (κ2) is 7.23. The lowest BCUT2D eigenvalue weighted by Crippen LogP contribution is -2.30. The number of aliphatic hydroxyl groups is 1. The second-order valence-corrected chi connectivity index (χ2v) is 7.01. The number of halogens is 3. The number of nitrogens with zero attached hydrogens (tertiary/aromatic N) is 2. The molecule has 1 aromatic carbocycles. The Kier molecular flexibility index (Phi) is 5.19. The zero-order chi connectivity index (χ0) is 19.0. The molecule has 136 valence electrons. The van der Waals surface area contributed by atoms with Crippen molar-refractivity contribution >= 4 is 51.8 Å². The molecule has 0 radical (unpaired) electrons. The number of pyridine rings is 1. The van der Waals surface area contributed by atoms with Crippen molar-refractivity contribution in [2.24, 2.45) is 18.0 Å². The Morgan fingerprint density at radius 1 is 1.35 bits per heavy atom. The number of benzene rings is 1. The Morgan fingerprint density at radius 2 is 2.08 bits per heavy atom. The third-order valence-electron chi connectivity index (χ3n) is 4.09. The number of hydrogen-bond donors (Lipinski definition) is 2. The highest BCUT2D eigenvalue weighted by atomic mass is 127. The Balaban J connectivity index is 2.20. The van der Waals surface area contributed by atoms with Crippen molar-refractivity contribution in [2.45, 2.75) is 6.42 Å². The summed E-state index contributed by atoms with van der Waals surface area (Å²) in [5.74, 6) is -3.09. The molecular formula is C17H14F2IN3O3. The molecule has 1 unspecified atom stereocenters. The molecule has 26 heavy (non-hydrogen) atoms. The summed E-state index contributed by atoms with van der Waals surface area (Å²) < 4.78 is 30.4. The SMILES string of the molecule is Cn1c2c(c(Nc3ccc(I)cc3F)c(F)c1=O)C(=O)C(CCO)C=N2. The largest absolute Gasteiger partial charge is 0.396 e. The zero-order valence-corrected chi connectivity index (χ0v) is 15.8. The van der Waals surface area contributed by atoms with Gasteiger partial charge in [0.2, 0.25) is 5.82 Å². The fourth-order valence-electron chi connectivity index (χ4n) is 2.73. The summed E-state index contributed by atoms with van der Waals surface area (Å²) in [7, 11) is 1.30. The van der Waals surface area contributed by atoms with Crippen LogP contribution in [-0.2, 0) is 7.05 Å². The Hall–Kier alpha value is -2.14. The molecular weight excluding hydrogens is 459 g/mol. The van der Waals surface area contributed by atoms with Gasteiger partial charge in [-0.25, -0.2) is 9.38 Å². The van der Waals surface area contributed by atoms with E-state index in [-0.39, 0.29) is 30.1 Å². The number of hydrogen-bond acceptors (Lipinski definition) is 5. The predicted molar refractivity (Wildman–Crippen MR) is 102 cm³/mol. The molecule has 1 atom stereocenters. The summed E-state index contributed by atoms with van der Waals surface area (Å²) in [5.41, 5.74) is -1.60. The van der Waals surface area contributed by atoms with E-state index in [0.717, 1.165) is 4.57 Å². The van der Waals surface area contributed by atoms with Crippen LogP contribution >= 0.6 is 22.6 Å². The maximum absolute atomic E-state index is 14.7. The van der Waals surface area contributed by atoms with E-state index in [2.05, 4.69) is 10.3 Å². The average molecular weight is 473 g/mol. The van der Waals surface area contributed by atoms with Gasteiger partial charge in [-0.3, -0.25) is 14.2 Å². The van der Waals surface area contributed by atoms with Gasteiger partial charge in [0.05, 0.1) is 22.9 Å². The van der Waals surface area contributed by atoms with Gasteiger partial charge in [0.1, 0.15) is 11.6 Å². The van der Waals surface area contributed by atoms with Gasteiger partial charge >= 0.3 is 0 Å². The number of nitrogens with one attached hydrogen (secondary N) is 1. The third kappa shape index (κ3) is 3.16. The van der Waals surface area contributed by atoms with Crippen molar-refractivity contribution in [3.63, 3.8) is 0 Å². The van der Waals surface area contributed by atoms with Gasteiger partial charge in [0.25, 0.3) is 5.56 Å². The molecule has 0 amide bonds. The van der Waals surface area contributed by atoms with Crippen molar-refractivity contribution in [3.8, 4) is 0 Å². The van der Waals surface area contributed by atoms with E-state index in [1.54, 1.807) is 6.07 Å². The molecule has 0 saturated carbocycles. The Bertz CT molecular complexity index is 988. The zero-order valence-electron chi connectivity index (χ0n) is 13.6. The number of aliphatic hydroxyl groups excluding tert-OH is 1. The number of carbonyl (C=O) groups excluding carboxylic acids is 1. The molecule has 2 N–H and O–H groups in total. The van der Waals surface area contributed by atoms with Crippen LogP contribution in [0.3, 0.4) is 0 Å². The molecule has 3 rings (SSSR count). The lowest BCUT2D eigenvalue weighted by Gasteiger charge is -2.22. The molecule has 1 aliphatic rings. The summed E-state index contributed by atoms with van der Waals surface area (Å²) in [6.45, 7) is -0.249. The number of rotatable bonds is 4. The van der Waals surface area contributed by atoms with E-state index >= 15 is 0 Å². The fraction of sp³-hybridized carbons (Fsp3) is 0.235. The summed E-state index contributed by atoms with van der Waals surface area (Å²) >= 11 is 1.93. The van der Waals surface area contributed by atoms with Crippen molar-refractivity contribution in [1.82, 2.24) is 4.57 Å². The van der Waals surface area contributed by atoms with Gasteiger partial charge in [-0.15, -0.1) is 0 Å². The smallest absolute Gasteiger partial charge is 0.290 e. The summed E-state index contributed by atoms with van der Waals surface area (Å²) in [6.07, 6.45) is 1.44. The monoisotopic (exact) mass is 473 g/mol. The quantitative estimate of drug-likeness (QED) is 0.670. The van der Waals surface area contributed by atoms with Gasteiger partial charge in [0.15, 0.2) is 5.78 Å². The predicted octanol–water partition coefficient (Wildman–Crippen LogP) is 2.91. The first-order chi connectivity index (χ1) is 12.3. The van der Waals surface area contributed by atoms with Gasteiger partial charge in [-0.1, -0.05) is 0 Å². The minimum absolute atomic E-state index is 0.0102. The van der Waals surface area contributed by atoms with Gasteiger partial charge in [-0.2, -0.15) is 4.39 Å². The van der Waals surface area contributed by atoms with Crippen LogP contribution in [0.2, 0.25) is 0 Å². The first-order valence-corrected chi connectivity index (χ1v) is 8.76. The normalized spacial score (nSPS) is 15.9. The van der Waals surface area contributed by atoms with Crippen molar-refractivity contribution in [3.05, 3.63) is 49.3 Å². The Morgan fingerprint density at radius 3 is 2.73 bits per heavy atom. The van der Waals surface area contributed by atoms with Crippen molar-refractivity contribution in [2.75, 3.05) is 11.9 Å². The lowest BCUT2D eigenvalue weighted by molar-refractivity contribution is 0.0938. The molecule has 0 spiro atoms. The summed E-state index contributed by atoms with van der Waals surface area (Å²) in [4.78, 5) is 29.0. The number of aliphatic imine (C=N–C) groups is 1. The minimum Gasteiger partial charge on any atom is -0.396 e. The fourth-order valence-corrected chi connectivity index (χ4v) is 3.18. The topological polar surface area (TPSA) is 83.7 Å². The third-order valence-corrected chi connectivity index (χ3v) is 4.77.